The number of nitrogens with zero attached hydrogens (tertiary/aromatic N) is 2. The van der Waals surface area contributed by atoms with Crippen molar-refractivity contribution < 1.29 is 4.39 Å². The van der Waals surface area contributed by atoms with Gasteiger partial charge in [-0.1, -0.05) is 18.2 Å². The number of hydrogen-bond acceptors (Lipinski definition) is 3. The molecule has 0 amide bonds. The average molecular weight is 448 g/mol. The highest BCUT2D eigenvalue weighted by Crippen LogP contribution is 2.10. The maximum absolute atomic E-state index is 13.5. The van der Waals surface area contributed by atoms with E-state index in [1.165, 1.54) is 10.9 Å². The molecule has 0 saturated heterocycles. The molecule has 1 aromatic heterocycles. The van der Waals surface area contributed by atoms with E-state index in [0.717, 1.165) is 23.9 Å². The minimum atomic E-state index is -0.161. The van der Waals surface area contributed by atoms with Gasteiger partial charge in [0.2, 0.25) is 0 Å². The maximum atomic E-state index is 13.5. The molecule has 0 unspecified atom stereocenters. The fraction of sp³-hybridized carbons (Fsp3) is 0.375. The van der Waals surface area contributed by atoms with Crippen molar-refractivity contribution in [2.75, 3.05) is 20.1 Å². The number of nitrogens with one attached hydrogen (secondary N) is 2. The van der Waals surface area contributed by atoms with Gasteiger partial charge in [-0.3, -0.25) is 4.99 Å². The van der Waals surface area contributed by atoms with Gasteiger partial charge in [-0.2, -0.15) is 0 Å². The van der Waals surface area contributed by atoms with Crippen LogP contribution in [0.25, 0.3) is 0 Å². The molecule has 0 aliphatic rings. The van der Waals surface area contributed by atoms with Crippen molar-refractivity contribution >= 4 is 41.3 Å². The van der Waals surface area contributed by atoms with Crippen molar-refractivity contribution in [3.8, 4) is 0 Å². The van der Waals surface area contributed by atoms with Crippen LogP contribution in [0.5, 0.6) is 0 Å². The summed E-state index contributed by atoms with van der Waals surface area (Å²) in [7, 11) is 1.73. The number of aryl methyl sites for hydroxylation is 1. The van der Waals surface area contributed by atoms with Gasteiger partial charge in [-0.05, 0) is 25.0 Å². The molecule has 0 saturated carbocycles. The summed E-state index contributed by atoms with van der Waals surface area (Å²) in [6.45, 7) is 3.46. The van der Waals surface area contributed by atoms with Crippen LogP contribution in [0.1, 0.15) is 15.4 Å². The molecule has 0 aliphatic carbocycles. The summed E-state index contributed by atoms with van der Waals surface area (Å²) in [5.74, 6) is 0.566. The number of aromatic nitrogens is 1. The highest BCUT2D eigenvalue weighted by atomic mass is 127. The van der Waals surface area contributed by atoms with E-state index < -0.39 is 0 Å². The lowest BCUT2D eigenvalue weighted by molar-refractivity contribution is 0.606. The number of aliphatic imine (C=N–C) groups is 1. The first-order valence-electron chi connectivity index (χ1n) is 7.28. The summed E-state index contributed by atoms with van der Waals surface area (Å²) in [5.41, 5.74) is 0.712. The number of halogens is 2. The molecular weight excluding hydrogens is 426 g/mol. The van der Waals surface area contributed by atoms with E-state index in [1.54, 1.807) is 30.5 Å². The predicted octanol–water partition coefficient (Wildman–Crippen LogP) is 3.16. The molecule has 7 heteroatoms. The van der Waals surface area contributed by atoms with Crippen molar-refractivity contribution in [1.82, 2.24) is 15.6 Å². The highest BCUT2D eigenvalue weighted by Gasteiger charge is 2.03. The van der Waals surface area contributed by atoms with E-state index in [9.17, 15) is 4.39 Å². The van der Waals surface area contributed by atoms with Crippen LogP contribution in [0.15, 0.2) is 35.5 Å². The van der Waals surface area contributed by atoms with Crippen LogP contribution in [0.2, 0.25) is 0 Å². The van der Waals surface area contributed by atoms with Crippen molar-refractivity contribution in [2.45, 2.75) is 19.8 Å². The molecule has 2 rings (SSSR count). The first kappa shape index (κ1) is 19.8. The molecule has 23 heavy (non-hydrogen) atoms. The minimum absolute atomic E-state index is 0. The second-order valence-electron chi connectivity index (χ2n) is 4.88. The molecule has 0 radical (unpaired) electrons. The summed E-state index contributed by atoms with van der Waals surface area (Å²) < 4.78 is 13.5. The molecule has 0 fully saturated rings. The van der Waals surface area contributed by atoms with Crippen LogP contribution in [0.4, 0.5) is 4.39 Å². The highest BCUT2D eigenvalue weighted by molar-refractivity contribution is 14.0. The number of benzene rings is 1. The van der Waals surface area contributed by atoms with Crippen molar-refractivity contribution in [3.63, 3.8) is 0 Å². The molecule has 126 valence electrons. The Labute approximate surface area is 157 Å². The van der Waals surface area contributed by atoms with Crippen LogP contribution < -0.4 is 10.6 Å². The molecule has 1 aromatic carbocycles. The van der Waals surface area contributed by atoms with Gasteiger partial charge in [0.1, 0.15) is 5.82 Å². The Morgan fingerprint density at radius 3 is 2.52 bits per heavy atom. The third-order valence-corrected chi connectivity index (χ3v) is 4.14. The van der Waals surface area contributed by atoms with Gasteiger partial charge in [0.25, 0.3) is 0 Å². The van der Waals surface area contributed by atoms with Crippen LogP contribution in [0, 0.1) is 12.7 Å². The standard InChI is InChI=1S/C16H21FN4S.HI/c1-12-11-21-15(22-12)8-10-20-16(18-2)19-9-7-13-5-3-4-6-14(13)17;/h3-6,11H,7-10H2,1-2H3,(H2,18,19,20);1H. The zero-order valence-corrected chi connectivity index (χ0v) is 16.5. The zero-order chi connectivity index (χ0) is 15.8. The lowest BCUT2D eigenvalue weighted by atomic mass is 10.1. The van der Waals surface area contributed by atoms with Crippen molar-refractivity contribution in [1.29, 1.82) is 0 Å². The van der Waals surface area contributed by atoms with E-state index >= 15 is 0 Å². The van der Waals surface area contributed by atoms with Crippen molar-refractivity contribution in [3.05, 3.63) is 51.7 Å². The quantitative estimate of drug-likeness (QED) is 0.406. The van der Waals surface area contributed by atoms with E-state index in [4.69, 9.17) is 0 Å². The summed E-state index contributed by atoms with van der Waals surface area (Å²) in [6, 6.07) is 6.84. The smallest absolute Gasteiger partial charge is 0.191 e. The van der Waals surface area contributed by atoms with Gasteiger partial charge in [-0.15, -0.1) is 35.3 Å². The lowest BCUT2D eigenvalue weighted by Gasteiger charge is -2.11. The number of thiazole rings is 1. The van der Waals surface area contributed by atoms with Crippen LogP contribution in [-0.2, 0) is 12.8 Å². The lowest BCUT2D eigenvalue weighted by Crippen LogP contribution is -2.39. The summed E-state index contributed by atoms with van der Waals surface area (Å²) in [5, 5.41) is 7.55. The molecule has 4 nitrogen and oxygen atoms in total. The average Bonchev–Trinajstić information content (AvgIpc) is 2.93. The molecule has 1 heterocycles. The number of hydrogen-bond donors (Lipinski definition) is 2. The number of guanidine groups is 1. The van der Waals surface area contributed by atoms with Crippen LogP contribution >= 0.6 is 35.3 Å². The van der Waals surface area contributed by atoms with Crippen LogP contribution in [-0.4, -0.2) is 31.1 Å². The predicted molar refractivity (Wildman–Crippen MR) is 105 cm³/mol. The zero-order valence-electron chi connectivity index (χ0n) is 13.3. The number of rotatable bonds is 6. The summed E-state index contributed by atoms with van der Waals surface area (Å²) in [6.07, 6.45) is 3.38. The molecule has 2 N–H and O–H groups in total. The third kappa shape index (κ3) is 6.82. The van der Waals surface area contributed by atoms with Gasteiger partial charge >= 0.3 is 0 Å². The Balaban J connectivity index is 0.00000264. The topological polar surface area (TPSA) is 49.3 Å². The first-order valence-corrected chi connectivity index (χ1v) is 8.10. The summed E-state index contributed by atoms with van der Waals surface area (Å²) in [4.78, 5) is 9.71. The molecular formula is C16H22FIN4S. The SMILES string of the molecule is CN=C(NCCc1ncc(C)s1)NCCc1ccccc1F.I. The third-order valence-electron chi connectivity index (χ3n) is 3.17. The van der Waals surface area contributed by atoms with Gasteiger partial charge < -0.3 is 10.6 Å². The Bertz CT molecular complexity index is 630. The Hall–Kier alpha value is -1.22. The Morgan fingerprint density at radius 1 is 1.22 bits per heavy atom. The van der Waals surface area contributed by atoms with Crippen molar-refractivity contribution in [2.24, 2.45) is 4.99 Å². The van der Waals surface area contributed by atoms with E-state index in [1.807, 2.05) is 12.3 Å². The fourth-order valence-electron chi connectivity index (χ4n) is 2.04. The maximum Gasteiger partial charge on any atom is 0.191 e. The molecule has 2 aromatic rings. The van der Waals surface area contributed by atoms with Crippen LogP contribution in [0.3, 0.4) is 0 Å². The van der Waals surface area contributed by atoms with Gasteiger partial charge in [0.05, 0.1) is 5.01 Å². The molecule has 0 bridgehead atoms. The fourth-order valence-corrected chi connectivity index (χ4v) is 2.83. The van der Waals surface area contributed by atoms with E-state index in [2.05, 4.69) is 27.5 Å². The van der Waals surface area contributed by atoms with E-state index in [-0.39, 0.29) is 29.8 Å². The normalized spacial score (nSPS) is 11.0. The van der Waals surface area contributed by atoms with Gasteiger partial charge in [-0.25, -0.2) is 9.37 Å². The molecule has 0 atom stereocenters. The second-order valence-corrected chi connectivity index (χ2v) is 6.20. The second kappa shape index (κ2) is 10.5. The Morgan fingerprint density at radius 2 is 1.91 bits per heavy atom. The van der Waals surface area contributed by atoms with Gasteiger partial charge in [0.15, 0.2) is 5.96 Å². The first-order chi connectivity index (χ1) is 10.7. The summed E-state index contributed by atoms with van der Waals surface area (Å²) >= 11 is 1.71. The largest absolute Gasteiger partial charge is 0.356 e. The Kier molecular flexibility index (Phi) is 9.08. The minimum Gasteiger partial charge on any atom is -0.356 e. The molecule has 0 aliphatic heterocycles. The molecule has 0 spiro atoms. The van der Waals surface area contributed by atoms with E-state index in [0.29, 0.717) is 18.5 Å². The van der Waals surface area contributed by atoms with Gasteiger partial charge in [0, 0.05) is 37.6 Å². The monoisotopic (exact) mass is 448 g/mol.